The van der Waals surface area contributed by atoms with Crippen LogP contribution in [0.15, 0.2) is 0 Å². The fraction of sp³-hybridized carbons (Fsp3) is 0.857. The third-order valence-electron chi connectivity index (χ3n) is 1.38. The zero-order chi connectivity index (χ0) is 8.74. The lowest BCUT2D eigenvalue weighted by Crippen LogP contribution is -2.13. The minimum Gasteiger partial charge on any atom is -0.329 e. The highest BCUT2D eigenvalue weighted by molar-refractivity contribution is 7.93. The van der Waals surface area contributed by atoms with E-state index in [0.29, 0.717) is 0 Å². The molecule has 0 saturated heterocycles. The summed E-state index contributed by atoms with van der Waals surface area (Å²) in [6, 6.07) is 0. The van der Waals surface area contributed by atoms with E-state index in [1.54, 1.807) is 0 Å². The van der Waals surface area contributed by atoms with Gasteiger partial charge in [-0.15, -0.1) is 0 Å². The zero-order valence-corrected chi connectivity index (χ0v) is 7.73. The van der Waals surface area contributed by atoms with E-state index in [2.05, 4.69) is 0 Å². The fourth-order valence-electron chi connectivity index (χ4n) is 0.783. The van der Waals surface area contributed by atoms with Gasteiger partial charge in [-0.3, -0.25) is 0 Å². The van der Waals surface area contributed by atoms with E-state index in [1.807, 2.05) is 6.92 Å². The molecule has 0 spiro atoms. The smallest absolute Gasteiger partial charge is 0.155 e. The molecule has 0 aliphatic heterocycles. The molecule has 0 amide bonds. The van der Waals surface area contributed by atoms with Crippen LogP contribution in [0.5, 0.6) is 0 Å². The van der Waals surface area contributed by atoms with Crippen LogP contribution in [0.4, 0.5) is 0 Å². The van der Waals surface area contributed by atoms with Crippen LogP contribution < -0.4 is 5.73 Å². The highest BCUT2D eigenvalue weighted by Gasteiger charge is 2.08. The summed E-state index contributed by atoms with van der Waals surface area (Å²) in [6.07, 6.45) is 2.76. The molecule has 1 radical (unpaired) electrons. The molecule has 0 aliphatic carbocycles. The molecule has 0 fully saturated rings. The Balaban J connectivity index is 3.56. The molecule has 0 rings (SSSR count). The summed E-state index contributed by atoms with van der Waals surface area (Å²) < 4.78 is 21.9. The van der Waals surface area contributed by atoms with Crippen molar-refractivity contribution in [3.63, 3.8) is 0 Å². The van der Waals surface area contributed by atoms with Gasteiger partial charge in [-0.1, -0.05) is 19.8 Å². The highest BCUT2D eigenvalue weighted by atomic mass is 32.2. The number of sulfone groups is 1. The third-order valence-corrected chi connectivity index (χ3v) is 2.94. The summed E-state index contributed by atoms with van der Waals surface area (Å²) in [6.45, 7) is 2.16. The van der Waals surface area contributed by atoms with Gasteiger partial charge >= 0.3 is 0 Å². The van der Waals surface area contributed by atoms with Crippen molar-refractivity contribution in [2.24, 2.45) is 5.73 Å². The summed E-state index contributed by atoms with van der Waals surface area (Å²) in [5, 5.41) is 0. The van der Waals surface area contributed by atoms with E-state index in [9.17, 15) is 8.42 Å². The Labute approximate surface area is 68.9 Å². The molecule has 0 bridgehead atoms. The average molecular weight is 178 g/mol. The zero-order valence-electron chi connectivity index (χ0n) is 6.91. The topological polar surface area (TPSA) is 60.2 Å². The molecule has 0 atom stereocenters. The normalized spacial score (nSPS) is 11.8. The van der Waals surface area contributed by atoms with Crippen LogP contribution in [-0.2, 0) is 9.84 Å². The van der Waals surface area contributed by atoms with E-state index >= 15 is 0 Å². The van der Waals surface area contributed by atoms with Crippen molar-refractivity contribution in [2.45, 2.75) is 26.2 Å². The molecular weight excluding hydrogens is 162 g/mol. The molecule has 0 aliphatic rings. The maximum atomic E-state index is 11.0. The summed E-state index contributed by atoms with van der Waals surface area (Å²) >= 11 is 0. The number of nitrogens with two attached hydrogens (primary N) is 1. The SMILES string of the molecule is CCCCCS(=O)(=O)[CH]CN. The molecule has 4 heteroatoms. The molecule has 3 nitrogen and oxygen atoms in total. The molecule has 11 heavy (non-hydrogen) atoms. The van der Waals surface area contributed by atoms with Crippen molar-refractivity contribution in [3.8, 4) is 0 Å². The van der Waals surface area contributed by atoms with Crippen molar-refractivity contribution in [1.82, 2.24) is 0 Å². The number of hydrogen-bond acceptors (Lipinski definition) is 3. The second kappa shape index (κ2) is 5.55. The molecule has 0 aromatic rings. The van der Waals surface area contributed by atoms with Crippen molar-refractivity contribution >= 4 is 9.84 Å². The van der Waals surface area contributed by atoms with Crippen LogP contribution in [0, 0.1) is 5.75 Å². The molecular formula is C7H16NO2S. The van der Waals surface area contributed by atoms with E-state index in [-0.39, 0.29) is 12.3 Å². The van der Waals surface area contributed by atoms with Gasteiger partial charge in [0.05, 0.1) is 11.5 Å². The van der Waals surface area contributed by atoms with Crippen molar-refractivity contribution in [3.05, 3.63) is 5.75 Å². The van der Waals surface area contributed by atoms with Gasteiger partial charge < -0.3 is 5.73 Å². The van der Waals surface area contributed by atoms with Crippen LogP contribution in [0.1, 0.15) is 26.2 Å². The molecule has 0 saturated carbocycles. The molecule has 0 unspecified atom stereocenters. The molecule has 0 heterocycles. The van der Waals surface area contributed by atoms with Gasteiger partial charge in [0.25, 0.3) is 0 Å². The van der Waals surface area contributed by atoms with Gasteiger partial charge in [0.1, 0.15) is 0 Å². The highest BCUT2D eigenvalue weighted by Crippen LogP contribution is 2.01. The predicted molar refractivity (Wildman–Crippen MR) is 46.7 cm³/mol. The lowest BCUT2D eigenvalue weighted by Gasteiger charge is -1.99. The first-order valence-corrected chi connectivity index (χ1v) is 5.60. The average Bonchev–Trinajstić information content (AvgIpc) is 1.87. The molecule has 2 N–H and O–H groups in total. The number of unbranched alkanes of at least 4 members (excludes halogenated alkanes) is 2. The predicted octanol–water partition coefficient (Wildman–Crippen LogP) is 0.712. The fourth-order valence-corrected chi connectivity index (χ4v) is 1.85. The minimum atomic E-state index is -2.95. The third kappa shape index (κ3) is 6.31. The summed E-state index contributed by atoms with van der Waals surface area (Å²) in [5.74, 6) is 1.43. The van der Waals surface area contributed by atoms with Crippen molar-refractivity contribution in [1.29, 1.82) is 0 Å². The van der Waals surface area contributed by atoms with Crippen LogP contribution in [0.2, 0.25) is 0 Å². The van der Waals surface area contributed by atoms with E-state index in [1.165, 1.54) is 5.75 Å². The lowest BCUT2D eigenvalue weighted by atomic mass is 10.3. The number of rotatable bonds is 6. The first kappa shape index (κ1) is 10.9. The van der Waals surface area contributed by atoms with Crippen molar-refractivity contribution < 1.29 is 8.42 Å². The van der Waals surface area contributed by atoms with E-state index < -0.39 is 9.84 Å². The molecule has 0 aromatic heterocycles. The maximum absolute atomic E-state index is 11.0. The summed E-state index contributed by atoms with van der Waals surface area (Å²) in [4.78, 5) is 0. The summed E-state index contributed by atoms with van der Waals surface area (Å²) in [7, 11) is -2.95. The Morgan fingerprint density at radius 1 is 1.36 bits per heavy atom. The first-order chi connectivity index (χ1) is 5.12. The Kier molecular flexibility index (Phi) is 5.50. The van der Waals surface area contributed by atoms with Gasteiger partial charge in [0.15, 0.2) is 9.84 Å². The van der Waals surface area contributed by atoms with Crippen LogP contribution >= 0.6 is 0 Å². The Morgan fingerprint density at radius 2 is 2.00 bits per heavy atom. The number of hydrogen-bond donors (Lipinski definition) is 1. The van der Waals surface area contributed by atoms with Crippen molar-refractivity contribution in [2.75, 3.05) is 12.3 Å². The van der Waals surface area contributed by atoms with E-state index in [0.717, 1.165) is 19.3 Å². The van der Waals surface area contributed by atoms with Crippen LogP contribution in [0.25, 0.3) is 0 Å². The summed E-state index contributed by atoms with van der Waals surface area (Å²) in [5.41, 5.74) is 5.08. The monoisotopic (exact) mass is 178 g/mol. The largest absolute Gasteiger partial charge is 0.329 e. The molecule has 67 valence electrons. The second-order valence-electron chi connectivity index (χ2n) is 2.48. The van der Waals surface area contributed by atoms with Gasteiger partial charge in [0, 0.05) is 6.54 Å². The Bertz CT molecular complexity index is 175. The van der Waals surface area contributed by atoms with Gasteiger partial charge in [0.2, 0.25) is 0 Å². The molecule has 0 aromatic carbocycles. The first-order valence-electron chi connectivity index (χ1n) is 3.88. The standard InChI is InChI=1S/C7H16NO2S/c1-2-3-4-6-11(9,10)7-5-8/h7H,2-6,8H2,1H3. The van der Waals surface area contributed by atoms with Gasteiger partial charge in [-0.2, -0.15) is 0 Å². The second-order valence-corrected chi connectivity index (χ2v) is 4.54. The minimum absolute atomic E-state index is 0.120. The lowest BCUT2D eigenvalue weighted by molar-refractivity contribution is 0.595. The van der Waals surface area contributed by atoms with Gasteiger partial charge in [-0.25, -0.2) is 8.42 Å². The van der Waals surface area contributed by atoms with Gasteiger partial charge in [-0.05, 0) is 6.42 Å². The van der Waals surface area contributed by atoms with E-state index in [4.69, 9.17) is 5.73 Å². The maximum Gasteiger partial charge on any atom is 0.155 e. The van der Waals surface area contributed by atoms with Crippen LogP contribution in [0.3, 0.4) is 0 Å². The Morgan fingerprint density at radius 3 is 2.45 bits per heavy atom. The quantitative estimate of drug-likeness (QED) is 0.609. The Hall–Kier alpha value is -0.0900. The van der Waals surface area contributed by atoms with Crippen LogP contribution in [-0.4, -0.2) is 20.7 Å².